The highest BCUT2D eigenvalue weighted by Gasteiger charge is 2.37. The fourth-order valence-corrected chi connectivity index (χ4v) is 1.81. The first-order valence-electron chi connectivity index (χ1n) is 5.33. The number of carbonyl (C=O) groups excluding carboxylic acids is 1. The normalized spacial score (nSPS) is 29.5. The number of hydrogen-bond acceptors (Lipinski definition) is 2. The number of carbonyl (C=O) groups is 2. The lowest BCUT2D eigenvalue weighted by Gasteiger charge is -2.36. The van der Waals surface area contributed by atoms with Crippen LogP contribution in [0.15, 0.2) is 0 Å². The van der Waals surface area contributed by atoms with Crippen molar-refractivity contribution < 1.29 is 14.7 Å². The van der Waals surface area contributed by atoms with Crippen LogP contribution < -0.4 is 5.32 Å². The highest BCUT2D eigenvalue weighted by Crippen LogP contribution is 2.36. The zero-order chi connectivity index (χ0) is 11.0. The standard InChI is InChI=1S/C10H16N2O3/c1-6-2-7(6)3-11-10(15)12-4-8(5-12)9(13)14/h6-8H,2-5H2,1H3,(H,11,15)(H,13,14). The maximum Gasteiger partial charge on any atom is 0.317 e. The van der Waals surface area contributed by atoms with E-state index in [9.17, 15) is 9.59 Å². The van der Waals surface area contributed by atoms with E-state index in [1.54, 1.807) is 4.90 Å². The molecule has 2 fully saturated rings. The Bertz CT molecular complexity index is 286. The molecule has 5 heteroatoms. The monoisotopic (exact) mass is 212 g/mol. The largest absolute Gasteiger partial charge is 0.481 e. The van der Waals surface area contributed by atoms with Crippen LogP contribution in [0.2, 0.25) is 0 Å². The summed E-state index contributed by atoms with van der Waals surface area (Å²) in [6.45, 7) is 3.60. The zero-order valence-corrected chi connectivity index (χ0v) is 8.77. The molecule has 2 rings (SSSR count). The summed E-state index contributed by atoms with van der Waals surface area (Å²) in [5.74, 6) is 0.185. The summed E-state index contributed by atoms with van der Waals surface area (Å²) >= 11 is 0. The Kier molecular flexibility index (Phi) is 2.54. The van der Waals surface area contributed by atoms with Crippen molar-refractivity contribution in [3.05, 3.63) is 0 Å². The summed E-state index contributed by atoms with van der Waals surface area (Å²) in [5.41, 5.74) is 0. The average Bonchev–Trinajstić information content (AvgIpc) is 2.75. The lowest BCUT2D eigenvalue weighted by molar-refractivity contribution is -0.146. The number of amides is 2. The first-order valence-corrected chi connectivity index (χ1v) is 5.33. The minimum Gasteiger partial charge on any atom is -0.481 e. The molecule has 1 aliphatic heterocycles. The topological polar surface area (TPSA) is 69.6 Å². The second kappa shape index (κ2) is 3.72. The number of likely N-dealkylation sites (tertiary alicyclic amines) is 1. The summed E-state index contributed by atoms with van der Waals surface area (Å²) in [5, 5.41) is 11.5. The van der Waals surface area contributed by atoms with Crippen LogP contribution in [0.5, 0.6) is 0 Å². The van der Waals surface area contributed by atoms with E-state index in [1.165, 1.54) is 6.42 Å². The minimum atomic E-state index is -0.810. The predicted molar refractivity (Wildman–Crippen MR) is 53.4 cm³/mol. The molecule has 2 amide bonds. The highest BCUT2D eigenvalue weighted by atomic mass is 16.4. The van der Waals surface area contributed by atoms with Crippen molar-refractivity contribution in [2.45, 2.75) is 13.3 Å². The number of carboxylic acids is 1. The Hall–Kier alpha value is -1.26. The van der Waals surface area contributed by atoms with Gasteiger partial charge in [-0.3, -0.25) is 4.79 Å². The Morgan fingerprint density at radius 1 is 1.47 bits per heavy atom. The van der Waals surface area contributed by atoms with Crippen molar-refractivity contribution in [3.8, 4) is 0 Å². The Morgan fingerprint density at radius 3 is 2.53 bits per heavy atom. The number of nitrogens with one attached hydrogen (secondary N) is 1. The highest BCUT2D eigenvalue weighted by molar-refractivity contribution is 5.79. The van der Waals surface area contributed by atoms with E-state index >= 15 is 0 Å². The van der Waals surface area contributed by atoms with Gasteiger partial charge in [0.15, 0.2) is 0 Å². The second-order valence-electron chi connectivity index (χ2n) is 4.60. The fraction of sp³-hybridized carbons (Fsp3) is 0.800. The average molecular weight is 212 g/mol. The van der Waals surface area contributed by atoms with Gasteiger partial charge in [-0.25, -0.2) is 4.79 Å². The number of rotatable bonds is 3. The third-order valence-corrected chi connectivity index (χ3v) is 3.31. The van der Waals surface area contributed by atoms with Crippen LogP contribution in [0.4, 0.5) is 4.79 Å². The molecule has 0 aromatic heterocycles. The number of aliphatic carboxylic acids is 1. The van der Waals surface area contributed by atoms with Crippen LogP contribution in [-0.2, 0) is 4.79 Å². The molecule has 2 atom stereocenters. The van der Waals surface area contributed by atoms with E-state index in [1.807, 2.05) is 0 Å². The van der Waals surface area contributed by atoms with Crippen LogP contribution in [-0.4, -0.2) is 41.6 Å². The first-order chi connectivity index (χ1) is 7.08. The van der Waals surface area contributed by atoms with E-state index < -0.39 is 5.97 Å². The van der Waals surface area contributed by atoms with Crippen molar-refractivity contribution in [3.63, 3.8) is 0 Å². The molecular formula is C10H16N2O3. The molecule has 84 valence electrons. The van der Waals surface area contributed by atoms with Gasteiger partial charge in [-0.15, -0.1) is 0 Å². The summed E-state index contributed by atoms with van der Waals surface area (Å²) in [4.78, 5) is 23.5. The molecule has 1 saturated carbocycles. The van der Waals surface area contributed by atoms with Gasteiger partial charge in [-0.1, -0.05) is 6.92 Å². The Labute approximate surface area is 88.4 Å². The van der Waals surface area contributed by atoms with Crippen molar-refractivity contribution in [1.29, 1.82) is 0 Å². The maximum atomic E-state index is 11.5. The minimum absolute atomic E-state index is 0.119. The Balaban J connectivity index is 1.63. The van der Waals surface area contributed by atoms with E-state index in [2.05, 4.69) is 12.2 Å². The number of hydrogen-bond donors (Lipinski definition) is 2. The van der Waals surface area contributed by atoms with Crippen molar-refractivity contribution in [1.82, 2.24) is 10.2 Å². The molecule has 0 radical (unpaired) electrons. The summed E-state index contributed by atoms with van der Waals surface area (Å²) < 4.78 is 0. The molecule has 15 heavy (non-hydrogen) atoms. The molecule has 1 aliphatic carbocycles. The van der Waals surface area contributed by atoms with Crippen molar-refractivity contribution in [2.24, 2.45) is 17.8 Å². The Morgan fingerprint density at radius 2 is 2.07 bits per heavy atom. The van der Waals surface area contributed by atoms with Crippen molar-refractivity contribution >= 4 is 12.0 Å². The maximum absolute atomic E-state index is 11.5. The van der Waals surface area contributed by atoms with Gasteiger partial charge < -0.3 is 15.3 Å². The molecule has 2 N–H and O–H groups in total. The van der Waals surface area contributed by atoms with E-state index in [-0.39, 0.29) is 11.9 Å². The van der Waals surface area contributed by atoms with E-state index in [4.69, 9.17) is 5.11 Å². The zero-order valence-electron chi connectivity index (χ0n) is 8.77. The van der Waals surface area contributed by atoms with Crippen LogP contribution in [0, 0.1) is 17.8 Å². The summed E-state index contributed by atoms with van der Waals surface area (Å²) in [6, 6.07) is -0.119. The molecule has 2 unspecified atom stereocenters. The smallest absolute Gasteiger partial charge is 0.317 e. The predicted octanol–water partition coefficient (Wildman–Crippen LogP) is 0.368. The number of urea groups is 1. The van der Waals surface area contributed by atoms with Crippen LogP contribution in [0.25, 0.3) is 0 Å². The van der Waals surface area contributed by atoms with Gasteiger partial charge in [0.2, 0.25) is 0 Å². The third-order valence-electron chi connectivity index (χ3n) is 3.31. The number of nitrogens with zero attached hydrogens (tertiary/aromatic N) is 1. The van der Waals surface area contributed by atoms with Gasteiger partial charge in [0.1, 0.15) is 0 Å². The first kappa shape index (κ1) is 10.3. The molecule has 1 heterocycles. The molecule has 2 aliphatic rings. The third kappa shape index (κ3) is 2.22. The van der Waals surface area contributed by atoms with Crippen molar-refractivity contribution in [2.75, 3.05) is 19.6 Å². The molecule has 0 aromatic rings. The SMILES string of the molecule is CC1CC1CNC(=O)N1CC(C(=O)O)C1. The van der Waals surface area contributed by atoms with Gasteiger partial charge in [-0.2, -0.15) is 0 Å². The van der Waals surface area contributed by atoms with Gasteiger partial charge in [-0.05, 0) is 18.3 Å². The summed E-state index contributed by atoms with van der Waals surface area (Å²) in [7, 11) is 0. The van der Waals surface area contributed by atoms with Gasteiger partial charge in [0, 0.05) is 19.6 Å². The molecular weight excluding hydrogens is 196 g/mol. The van der Waals surface area contributed by atoms with Crippen LogP contribution in [0.3, 0.4) is 0 Å². The van der Waals surface area contributed by atoms with Gasteiger partial charge in [0.05, 0.1) is 5.92 Å². The van der Waals surface area contributed by atoms with Crippen LogP contribution in [0.1, 0.15) is 13.3 Å². The molecule has 5 nitrogen and oxygen atoms in total. The lowest BCUT2D eigenvalue weighted by Crippen LogP contribution is -2.56. The van der Waals surface area contributed by atoms with Gasteiger partial charge in [0.25, 0.3) is 0 Å². The molecule has 1 saturated heterocycles. The fourth-order valence-electron chi connectivity index (χ4n) is 1.81. The number of carboxylic acid groups (broad SMARTS) is 1. The second-order valence-corrected chi connectivity index (χ2v) is 4.60. The molecule has 0 bridgehead atoms. The van der Waals surface area contributed by atoms with Crippen LogP contribution >= 0.6 is 0 Å². The lowest BCUT2D eigenvalue weighted by atomic mass is 10.0. The van der Waals surface area contributed by atoms with E-state index in [0.29, 0.717) is 19.0 Å². The summed E-state index contributed by atoms with van der Waals surface area (Å²) in [6.07, 6.45) is 1.19. The quantitative estimate of drug-likeness (QED) is 0.710. The van der Waals surface area contributed by atoms with E-state index in [0.717, 1.165) is 12.5 Å². The molecule has 0 spiro atoms. The molecule has 0 aromatic carbocycles. The van der Waals surface area contributed by atoms with Gasteiger partial charge >= 0.3 is 12.0 Å².